The molecule has 4 heterocycles. The van der Waals surface area contributed by atoms with E-state index in [1.165, 1.54) is 6.26 Å². The summed E-state index contributed by atoms with van der Waals surface area (Å²) in [6.45, 7) is 1.13. The number of pyridine rings is 2. The van der Waals surface area contributed by atoms with Crippen molar-refractivity contribution >= 4 is 31.8 Å². The van der Waals surface area contributed by atoms with Crippen LogP contribution in [0.2, 0.25) is 0 Å². The van der Waals surface area contributed by atoms with Crippen molar-refractivity contribution in [1.29, 1.82) is 0 Å². The van der Waals surface area contributed by atoms with Crippen LogP contribution in [-0.2, 0) is 10.0 Å². The lowest BCUT2D eigenvalue weighted by Gasteiger charge is -2.31. The average Bonchev–Trinajstić information content (AvgIpc) is 3.02. The maximum absolute atomic E-state index is 11.9. The molecule has 0 aromatic carbocycles. The first-order valence-electron chi connectivity index (χ1n) is 7.69. The van der Waals surface area contributed by atoms with Crippen molar-refractivity contribution in [1.82, 2.24) is 19.3 Å². The average molecular weight is 330 g/mol. The van der Waals surface area contributed by atoms with Gasteiger partial charge in [-0.25, -0.2) is 17.7 Å². The van der Waals surface area contributed by atoms with Crippen LogP contribution in [0, 0.1) is 0 Å². The minimum absolute atomic E-state index is 0.162. The van der Waals surface area contributed by atoms with Crippen LogP contribution in [0.1, 0.15) is 24.3 Å². The van der Waals surface area contributed by atoms with Crippen LogP contribution >= 0.6 is 0 Å². The minimum Gasteiger partial charge on any atom is -0.346 e. The second-order valence-electron chi connectivity index (χ2n) is 6.15. The van der Waals surface area contributed by atoms with Gasteiger partial charge in [0, 0.05) is 54.0 Å². The lowest BCUT2D eigenvalue weighted by atomic mass is 9.89. The highest BCUT2D eigenvalue weighted by Gasteiger charge is 2.28. The molecule has 0 bridgehead atoms. The molecule has 7 heteroatoms. The number of H-pyrrole nitrogens is 1. The Morgan fingerprint density at radius 1 is 1.30 bits per heavy atom. The van der Waals surface area contributed by atoms with Crippen molar-refractivity contribution in [2.24, 2.45) is 0 Å². The summed E-state index contributed by atoms with van der Waals surface area (Å²) in [6, 6.07) is 2.02. The third-order valence-electron chi connectivity index (χ3n) is 4.62. The van der Waals surface area contributed by atoms with Gasteiger partial charge in [-0.2, -0.15) is 0 Å². The van der Waals surface area contributed by atoms with E-state index in [9.17, 15) is 8.42 Å². The van der Waals surface area contributed by atoms with Crippen LogP contribution in [0.3, 0.4) is 0 Å². The van der Waals surface area contributed by atoms with Crippen LogP contribution in [-0.4, -0.2) is 47.0 Å². The number of rotatable bonds is 2. The van der Waals surface area contributed by atoms with Crippen molar-refractivity contribution in [2.45, 2.75) is 18.8 Å². The Hall–Kier alpha value is -1.99. The van der Waals surface area contributed by atoms with Gasteiger partial charge in [-0.1, -0.05) is 0 Å². The molecule has 3 aromatic heterocycles. The van der Waals surface area contributed by atoms with Crippen LogP contribution in [0.25, 0.3) is 21.8 Å². The van der Waals surface area contributed by atoms with E-state index in [0.717, 1.165) is 40.2 Å². The fraction of sp³-hybridized carbons (Fsp3) is 0.375. The van der Waals surface area contributed by atoms with Crippen LogP contribution in [0.5, 0.6) is 0 Å². The first-order valence-corrected chi connectivity index (χ1v) is 9.54. The van der Waals surface area contributed by atoms with Gasteiger partial charge < -0.3 is 4.98 Å². The Labute approximate surface area is 134 Å². The molecule has 0 radical (unpaired) electrons. The summed E-state index contributed by atoms with van der Waals surface area (Å²) in [6.07, 6.45) is 10.5. The van der Waals surface area contributed by atoms with Gasteiger partial charge in [0.25, 0.3) is 0 Å². The molecule has 1 fully saturated rings. The first kappa shape index (κ1) is 14.6. The fourth-order valence-electron chi connectivity index (χ4n) is 3.51. The Balaban J connectivity index is 1.86. The summed E-state index contributed by atoms with van der Waals surface area (Å²) in [7, 11) is -3.16. The smallest absolute Gasteiger partial charge is 0.211 e. The number of hydrogen-bond donors (Lipinski definition) is 1. The molecule has 3 aromatic rings. The molecule has 0 saturated carbocycles. The van der Waals surface area contributed by atoms with E-state index in [4.69, 9.17) is 0 Å². The third kappa shape index (κ3) is 2.49. The highest BCUT2D eigenvalue weighted by Crippen LogP contribution is 2.35. The molecule has 1 atom stereocenters. The Morgan fingerprint density at radius 3 is 3.00 bits per heavy atom. The molecule has 23 heavy (non-hydrogen) atoms. The zero-order valence-corrected chi connectivity index (χ0v) is 13.7. The number of aromatic amines is 1. The van der Waals surface area contributed by atoms with Crippen LogP contribution in [0.4, 0.5) is 0 Å². The zero-order chi connectivity index (χ0) is 16.0. The summed E-state index contributed by atoms with van der Waals surface area (Å²) in [5, 5.41) is 3.19. The molecule has 0 spiro atoms. The lowest BCUT2D eigenvalue weighted by molar-refractivity contribution is 0.318. The molecule has 0 amide bonds. The fourth-order valence-corrected chi connectivity index (χ4v) is 4.42. The number of fused-ring (bicyclic) bond motifs is 3. The van der Waals surface area contributed by atoms with E-state index >= 15 is 0 Å². The van der Waals surface area contributed by atoms with Crippen LogP contribution < -0.4 is 0 Å². The quantitative estimate of drug-likeness (QED) is 0.781. The predicted molar refractivity (Wildman–Crippen MR) is 89.8 cm³/mol. The topological polar surface area (TPSA) is 79.0 Å². The number of sulfonamides is 1. The van der Waals surface area contributed by atoms with E-state index in [1.807, 2.05) is 30.9 Å². The Kier molecular flexibility index (Phi) is 3.35. The summed E-state index contributed by atoms with van der Waals surface area (Å²) in [5.74, 6) is 0.162. The second kappa shape index (κ2) is 5.28. The number of nitrogens with zero attached hydrogens (tertiary/aromatic N) is 3. The summed E-state index contributed by atoms with van der Waals surface area (Å²) >= 11 is 0. The van der Waals surface area contributed by atoms with E-state index < -0.39 is 10.0 Å². The molecule has 1 N–H and O–H groups in total. The maximum Gasteiger partial charge on any atom is 0.211 e. The van der Waals surface area contributed by atoms with Crippen molar-refractivity contribution in [3.05, 3.63) is 36.4 Å². The number of piperidine rings is 1. The monoisotopic (exact) mass is 330 g/mol. The van der Waals surface area contributed by atoms with Crippen molar-refractivity contribution in [3.8, 4) is 0 Å². The maximum atomic E-state index is 11.9. The molecule has 1 saturated heterocycles. The molecule has 4 rings (SSSR count). The van der Waals surface area contributed by atoms with Gasteiger partial charge in [0.05, 0.1) is 6.26 Å². The molecule has 0 aliphatic carbocycles. The van der Waals surface area contributed by atoms with Crippen molar-refractivity contribution in [2.75, 3.05) is 19.3 Å². The summed E-state index contributed by atoms with van der Waals surface area (Å²) in [4.78, 5) is 11.9. The predicted octanol–water partition coefficient (Wildman–Crippen LogP) is 2.25. The highest BCUT2D eigenvalue weighted by molar-refractivity contribution is 7.88. The number of hydrogen-bond acceptors (Lipinski definition) is 4. The largest absolute Gasteiger partial charge is 0.346 e. The van der Waals surface area contributed by atoms with E-state index in [2.05, 4.69) is 15.0 Å². The number of nitrogens with one attached hydrogen (secondary N) is 1. The van der Waals surface area contributed by atoms with Gasteiger partial charge >= 0.3 is 0 Å². The minimum atomic E-state index is -3.16. The summed E-state index contributed by atoms with van der Waals surface area (Å²) in [5.41, 5.74) is 1.96. The van der Waals surface area contributed by atoms with Gasteiger partial charge in [0.1, 0.15) is 5.65 Å². The zero-order valence-electron chi connectivity index (χ0n) is 12.9. The van der Waals surface area contributed by atoms with E-state index in [-0.39, 0.29) is 5.92 Å². The first-order chi connectivity index (χ1) is 11.0. The molecular formula is C16H18N4O2S. The number of aromatic nitrogens is 3. The lowest BCUT2D eigenvalue weighted by Crippen LogP contribution is -2.38. The summed E-state index contributed by atoms with van der Waals surface area (Å²) < 4.78 is 25.4. The molecule has 1 aliphatic heterocycles. The van der Waals surface area contributed by atoms with Gasteiger partial charge in [-0.3, -0.25) is 4.98 Å². The highest BCUT2D eigenvalue weighted by atomic mass is 32.2. The van der Waals surface area contributed by atoms with Crippen LogP contribution in [0.15, 0.2) is 30.9 Å². The molecule has 1 unspecified atom stereocenters. The van der Waals surface area contributed by atoms with Gasteiger partial charge in [-0.15, -0.1) is 0 Å². The molecule has 6 nitrogen and oxygen atoms in total. The SMILES string of the molecule is CS(=O)(=O)N1CCCC(c2cncc3cnc4[nH]ccc4c23)C1. The Morgan fingerprint density at radius 2 is 2.17 bits per heavy atom. The normalized spacial score (nSPS) is 20.3. The molecular weight excluding hydrogens is 312 g/mol. The van der Waals surface area contributed by atoms with Gasteiger partial charge in [-0.05, 0) is 30.4 Å². The van der Waals surface area contributed by atoms with Crippen molar-refractivity contribution < 1.29 is 8.42 Å². The third-order valence-corrected chi connectivity index (χ3v) is 5.89. The Bertz CT molecular complexity index is 980. The van der Waals surface area contributed by atoms with Gasteiger partial charge in [0.15, 0.2) is 0 Å². The van der Waals surface area contributed by atoms with E-state index in [0.29, 0.717) is 13.1 Å². The second-order valence-corrected chi connectivity index (χ2v) is 8.13. The van der Waals surface area contributed by atoms with Gasteiger partial charge in [0.2, 0.25) is 10.0 Å². The van der Waals surface area contributed by atoms with E-state index in [1.54, 1.807) is 4.31 Å². The standard InChI is InChI=1S/C16H18N4O2S/c1-23(21,22)20-6-2-3-11(10-20)14-9-17-7-12-8-19-16-13(15(12)14)4-5-18-16/h4-5,7-9,11H,2-3,6,10H2,1H3,(H,18,19). The molecule has 120 valence electrons. The molecule has 1 aliphatic rings. The van der Waals surface area contributed by atoms with Crippen molar-refractivity contribution in [3.63, 3.8) is 0 Å².